The largest absolute Gasteiger partial charge is 0.493 e. The van der Waals surface area contributed by atoms with Gasteiger partial charge in [-0.15, -0.1) is 0 Å². The third kappa shape index (κ3) is 4.22. The number of anilines is 1. The molecule has 0 spiro atoms. The van der Waals surface area contributed by atoms with Crippen molar-refractivity contribution in [2.75, 3.05) is 12.4 Å². The van der Waals surface area contributed by atoms with E-state index >= 15 is 0 Å². The second-order valence-corrected chi connectivity index (χ2v) is 7.76. The predicted molar refractivity (Wildman–Crippen MR) is 106 cm³/mol. The quantitative estimate of drug-likeness (QED) is 0.647. The van der Waals surface area contributed by atoms with E-state index in [1.54, 1.807) is 0 Å². The topological polar surface area (TPSA) is 104 Å². The molecule has 1 fully saturated rings. The standard InChI is InChI=1S/C21H20F5N3O4/c1-9-14(12-4-5-13(22)15(23)16(12)32-3)17(33-20(9,2)21(24,25)26)19(31)29-11-6-10(18(27)30)7-28-8-11/h4-9,14,17H,1-3H3,(H2,27,30)(H,29,31)/t9-,14-,17+,20-/m1/s1. The number of halogens is 5. The summed E-state index contributed by atoms with van der Waals surface area (Å²) in [5, 5.41) is 2.34. The highest BCUT2D eigenvalue weighted by Gasteiger charge is 2.65. The Kier molecular flexibility index (Phi) is 6.33. The van der Waals surface area contributed by atoms with Crippen LogP contribution in [-0.2, 0) is 9.53 Å². The van der Waals surface area contributed by atoms with E-state index in [2.05, 4.69) is 10.3 Å². The van der Waals surface area contributed by atoms with Crippen molar-refractivity contribution >= 4 is 17.5 Å². The van der Waals surface area contributed by atoms with E-state index in [1.165, 1.54) is 13.0 Å². The van der Waals surface area contributed by atoms with E-state index in [9.17, 15) is 31.5 Å². The zero-order valence-corrected chi connectivity index (χ0v) is 17.7. The molecule has 7 nitrogen and oxygen atoms in total. The van der Waals surface area contributed by atoms with Crippen LogP contribution < -0.4 is 15.8 Å². The molecule has 1 aliphatic rings. The lowest BCUT2D eigenvalue weighted by Gasteiger charge is -2.32. The van der Waals surface area contributed by atoms with Crippen LogP contribution in [0, 0.1) is 17.6 Å². The monoisotopic (exact) mass is 473 g/mol. The second kappa shape index (κ2) is 8.58. The first-order valence-corrected chi connectivity index (χ1v) is 9.64. The van der Waals surface area contributed by atoms with Gasteiger partial charge in [0.15, 0.2) is 17.2 Å². The summed E-state index contributed by atoms with van der Waals surface area (Å²) in [7, 11) is 1.03. The summed E-state index contributed by atoms with van der Waals surface area (Å²) < 4.78 is 80.0. The molecule has 0 unspecified atom stereocenters. The lowest BCUT2D eigenvalue weighted by Crippen LogP contribution is -2.47. The van der Waals surface area contributed by atoms with E-state index in [1.807, 2.05) is 0 Å². The second-order valence-electron chi connectivity index (χ2n) is 7.76. The first-order chi connectivity index (χ1) is 15.3. The number of rotatable bonds is 5. The van der Waals surface area contributed by atoms with E-state index in [0.717, 1.165) is 38.6 Å². The maximum absolute atomic E-state index is 14.3. The fourth-order valence-corrected chi connectivity index (χ4v) is 3.90. The molecular weight excluding hydrogens is 453 g/mol. The Labute approximate surface area is 185 Å². The molecule has 0 radical (unpaired) electrons. The lowest BCUT2D eigenvalue weighted by atomic mass is 9.77. The van der Waals surface area contributed by atoms with Crippen molar-refractivity contribution in [3.63, 3.8) is 0 Å². The van der Waals surface area contributed by atoms with Gasteiger partial charge in [-0.05, 0) is 19.1 Å². The molecule has 2 heterocycles. The van der Waals surface area contributed by atoms with Crippen molar-refractivity contribution in [1.29, 1.82) is 0 Å². The van der Waals surface area contributed by atoms with Crippen molar-refractivity contribution in [3.05, 3.63) is 53.4 Å². The minimum absolute atomic E-state index is 0.0239. The molecule has 33 heavy (non-hydrogen) atoms. The summed E-state index contributed by atoms with van der Waals surface area (Å²) >= 11 is 0. The maximum atomic E-state index is 14.3. The van der Waals surface area contributed by atoms with Crippen LogP contribution in [-0.4, -0.2) is 41.8 Å². The number of hydrogen-bond acceptors (Lipinski definition) is 5. The smallest absolute Gasteiger partial charge is 0.417 e. The van der Waals surface area contributed by atoms with Crippen LogP contribution >= 0.6 is 0 Å². The van der Waals surface area contributed by atoms with Gasteiger partial charge in [0.25, 0.3) is 5.91 Å². The van der Waals surface area contributed by atoms with Gasteiger partial charge in [0, 0.05) is 23.6 Å². The minimum atomic E-state index is -4.89. The zero-order valence-electron chi connectivity index (χ0n) is 17.7. The molecular formula is C21H20F5N3O4. The van der Waals surface area contributed by atoms with Crippen molar-refractivity contribution in [3.8, 4) is 5.75 Å². The van der Waals surface area contributed by atoms with E-state index in [-0.39, 0.29) is 16.8 Å². The van der Waals surface area contributed by atoms with Gasteiger partial charge in [-0.2, -0.15) is 17.6 Å². The number of nitrogens with one attached hydrogen (secondary N) is 1. The third-order valence-corrected chi connectivity index (χ3v) is 5.86. The number of benzene rings is 1. The number of carbonyl (C=O) groups is 2. The predicted octanol–water partition coefficient (Wildman–Crippen LogP) is 3.55. The molecule has 178 valence electrons. The highest BCUT2D eigenvalue weighted by atomic mass is 19.4. The molecule has 0 aliphatic carbocycles. The van der Waals surface area contributed by atoms with E-state index in [0.29, 0.717) is 0 Å². The average molecular weight is 473 g/mol. The summed E-state index contributed by atoms with van der Waals surface area (Å²) in [6.07, 6.45) is -4.37. The van der Waals surface area contributed by atoms with Crippen LogP contribution in [0.5, 0.6) is 5.75 Å². The Morgan fingerprint density at radius 2 is 1.91 bits per heavy atom. The number of hydrogen-bond donors (Lipinski definition) is 2. The molecule has 0 bridgehead atoms. The van der Waals surface area contributed by atoms with Crippen molar-refractivity contribution in [1.82, 2.24) is 4.98 Å². The van der Waals surface area contributed by atoms with Crippen LogP contribution in [0.2, 0.25) is 0 Å². The number of alkyl halides is 3. The fourth-order valence-electron chi connectivity index (χ4n) is 3.90. The summed E-state index contributed by atoms with van der Waals surface area (Å²) in [6, 6.07) is 2.97. The molecule has 1 aliphatic heterocycles. The summed E-state index contributed by atoms with van der Waals surface area (Å²) in [4.78, 5) is 28.1. The molecule has 3 N–H and O–H groups in total. The Morgan fingerprint density at radius 1 is 1.24 bits per heavy atom. The summed E-state index contributed by atoms with van der Waals surface area (Å²) in [5.74, 6) is -7.92. The number of amides is 2. The summed E-state index contributed by atoms with van der Waals surface area (Å²) in [5.41, 5.74) is 2.15. The van der Waals surface area contributed by atoms with Gasteiger partial charge in [0.1, 0.15) is 6.10 Å². The van der Waals surface area contributed by atoms with Crippen LogP contribution in [0.3, 0.4) is 0 Å². The molecule has 1 saturated heterocycles. The Hall–Kier alpha value is -3.28. The number of methoxy groups -OCH3 is 1. The van der Waals surface area contributed by atoms with Gasteiger partial charge in [-0.1, -0.05) is 13.0 Å². The highest BCUT2D eigenvalue weighted by molar-refractivity contribution is 5.97. The number of aromatic nitrogens is 1. The molecule has 2 aromatic rings. The number of nitrogens with two attached hydrogens (primary N) is 1. The Morgan fingerprint density at radius 3 is 2.48 bits per heavy atom. The first-order valence-electron chi connectivity index (χ1n) is 9.64. The molecule has 2 amide bonds. The average Bonchev–Trinajstić information content (AvgIpc) is 3.02. The molecule has 12 heteroatoms. The van der Waals surface area contributed by atoms with Crippen LogP contribution in [0.4, 0.5) is 27.6 Å². The normalized spacial score (nSPS) is 25.0. The number of nitrogens with zero attached hydrogens (tertiary/aromatic N) is 1. The maximum Gasteiger partial charge on any atom is 0.417 e. The Balaban J connectivity index is 2.07. The van der Waals surface area contributed by atoms with E-state index in [4.69, 9.17) is 15.2 Å². The first kappa shape index (κ1) is 24.4. The molecule has 3 rings (SSSR count). The number of primary amides is 1. The van der Waals surface area contributed by atoms with Gasteiger partial charge in [0.2, 0.25) is 11.7 Å². The van der Waals surface area contributed by atoms with E-state index < -0.39 is 58.9 Å². The van der Waals surface area contributed by atoms with Gasteiger partial charge in [-0.3, -0.25) is 14.6 Å². The van der Waals surface area contributed by atoms with Gasteiger partial charge in [0.05, 0.1) is 24.6 Å². The molecule has 4 atom stereocenters. The molecule has 1 aromatic carbocycles. The number of pyridine rings is 1. The SMILES string of the molecule is COc1c([C@@H]2[C@@H](C(=O)Nc3cncc(C(N)=O)c3)O[C@@](C)(C(F)(F)F)[C@@H]2C)ccc(F)c1F. The lowest BCUT2D eigenvalue weighted by molar-refractivity contribution is -0.272. The minimum Gasteiger partial charge on any atom is -0.493 e. The van der Waals surface area contributed by atoms with Gasteiger partial charge < -0.3 is 20.5 Å². The fraction of sp³-hybridized carbons (Fsp3) is 0.381. The van der Waals surface area contributed by atoms with Crippen LogP contribution in [0.1, 0.15) is 35.7 Å². The third-order valence-electron chi connectivity index (χ3n) is 5.86. The zero-order chi connectivity index (χ0) is 24.7. The van der Waals surface area contributed by atoms with Crippen LogP contribution in [0.25, 0.3) is 0 Å². The molecule has 1 aromatic heterocycles. The van der Waals surface area contributed by atoms with Crippen molar-refractivity contribution in [2.24, 2.45) is 11.7 Å². The van der Waals surface area contributed by atoms with Crippen molar-refractivity contribution < 1.29 is 41.0 Å². The van der Waals surface area contributed by atoms with Crippen LogP contribution in [0.15, 0.2) is 30.6 Å². The number of ether oxygens (including phenoxy) is 2. The highest BCUT2D eigenvalue weighted by Crippen LogP contribution is 2.54. The van der Waals surface area contributed by atoms with Gasteiger partial charge in [-0.25, -0.2) is 4.39 Å². The Bertz CT molecular complexity index is 1090. The summed E-state index contributed by atoms with van der Waals surface area (Å²) in [6.45, 7) is 1.97. The molecule has 0 saturated carbocycles. The van der Waals surface area contributed by atoms with Gasteiger partial charge >= 0.3 is 6.18 Å². The number of carbonyl (C=O) groups excluding carboxylic acids is 2. The van der Waals surface area contributed by atoms with Crippen molar-refractivity contribution in [2.45, 2.75) is 37.6 Å².